The zero-order valence-corrected chi connectivity index (χ0v) is 10.9. The summed E-state index contributed by atoms with van der Waals surface area (Å²) in [5.41, 5.74) is 0.843. The zero-order valence-electron chi connectivity index (χ0n) is 10.9. The van der Waals surface area contributed by atoms with Gasteiger partial charge in [-0.15, -0.1) is 0 Å². The molecule has 4 nitrogen and oxygen atoms in total. The van der Waals surface area contributed by atoms with E-state index in [1.54, 1.807) is 0 Å². The van der Waals surface area contributed by atoms with E-state index >= 15 is 0 Å². The number of rotatable bonds is 3. The van der Waals surface area contributed by atoms with Crippen LogP contribution in [0.25, 0.3) is 11.0 Å². The molecule has 1 aliphatic rings. The minimum atomic E-state index is -0.299. The summed E-state index contributed by atoms with van der Waals surface area (Å²) in [7, 11) is 0. The molecule has 1 aliphatic heterocycles. The van der Waals surface area contributed by atoms with E-state index in [4.69, 9.17) is 9.15 Å². The number of amides is 1. The first-order valence-corrected chi connectivity index (χ1v) is 6.64. The Labute approximate surface area is 111 Å². The van der Waals surface area contributed by atoms with E-state index in [9.17, 15) is 4.79 Å². The number of furan rings is 1. The maximum Gasteiger partial charge on any atom is 0.249 e. The van der Waals surface area contributed by atoms with Crippen LogP contribution in [0, 0.1) is 0 Å². The lowest BCUT2D eigenvalue weighted by atomic mass is 10.2. The van der Waals surface area contributed by atoms with Gasteiger partial charge in [-0.25, -0.2) is 0 Å². The molecule has 1 N–H and O–H groups in total. The fraction of sp³-hybridized carbons (Fsp3) is 0.400. The van der Waals surface area contributed by atoms with E-state index in [1.807, 2.05) is 37.3 Å². The number of nitrogens with one attached hydrogen (secondary N) is 1. The van der Waals surface area contributed by atoms with E-state index in [2.05, 4.69) is 5.32 Å². The van der Waals surface area contributed by atoms with Gasteiger partial charge >= 0.3 is 0 Å². The molecule has 4 heteroatoms. The lowest BCUT2D eigenvalue weighted by Crippen LogP contribution is -2.35. The molecule has 3 rings (SSSR count). The highest BCUT2D eigenvalue weighted by Crippen LogP contribution is 2.24. The van der Waals surface area contributed by atoms with Crippen molar-refractivity contribution in [1.82, 2.24) is 5.32 Å². The minimum absolute atomic E-state index is 0.0505. The van der Waals surface area contributed by atoms with Crippen molar-refractivity contribution in [3.8, 4) is 0 Å². The van der Waals surface area contributed by atoms with Gasteiger partial charge in [-0.2, -0.15) is 0 Å². The van der Waals surface area contributed by atoms with Crippen molar-refractivity contribution in [2.24, 2.45) is 0 Å². The molecule has 100 valence electrons. The molecule has 1 saturated heterocycles. The predicted octanol–water partition coefficient (Wildman–Crippen LogP) is 2.79. The third kappa shape index (κ3) is 2.49. The molecule has 0 spiro atoms. The second kappa shape index (κ2) is 5.05. The molecule has 2 aromatic rings. The van der Waals surface area contributed by atoms with Gasteiger partial charge in [0.25, 0.3) is 0 Å². The van der Waals surface area contributed by atoms with Gasteiger partial charge in [0.15, 0.2) is 0 Å². The van der Waals surface area contributed by atoms with Crippen LogP contribution in [0.15, 0.2) is 34.7 Å². The van der Waals surface area contributed by atoms with Crippen LogP contribution in [-0.4, -0.2) is 18.6 Å². The molecule has 0 bridgehead atoms. The Balaban J connectivity index is 1.72. The smallest absolute Gasteiger partial charge is 0.249 e. The number of carbonyl (C=O) groups is 1. The Morgan fingerprint density at radius 3 is 3.00 bits per heavy atom. The number of hydrogen-bond acceptors (Lipinski definition) is 3. The van der Waals surface area contributed by atoms with Crippen LogP contribution in [0.2, 0.25) is 0 Å². The van der Waals surface area contributed by atoms with Crippen LogP contribution < -0.4 is 5.32 Å². The molecular weight excluding hydrogens is 242 g/mol. The Bertz CT molecular complexity index is 551. The average Bonchev–Trinajstić information content (AvgIpc) is 3.07. The highest BCUT2D eigenvalue weighted by Gasteiger charge is 2.25. The number of hydrogen-bond donors (Lipinski definition) is 1. The van der Waals surface area contributed by atoms with Crippen molar-refractivity contribution in [2.75, 3.05) is 6.61 Å². The first-order valence-electron chi connectivity index (χ1n) is 6.64. The molecule has 19 heavy (non-hydrogen) atoms. The van der Waals surface area contributed by atoms with Crippen LogP contribution in [0.3, 0.4) is 0 Å². The van der Waals surface area contributed by atoms with Gasteiger partial charge in [-0.1, -0.05) is 18.2 Å². The van der Waals surface area contributed by atoms with Crippen molar-refractivity contribution in [2.45, 2.75) is 31.9 Å². The van der Waals surface area contributed by atoms with Crippen molar-refractivity contribution in [3.05, 3.63) is 36.1 Å². The molecule has 1 aromatic carbocycles. The van der Waals surface area contributed by atoms with Crippen LogP contribution in [0.1, 0.15) is 31.6 Å². The molecule has 1 aromatic heterocycles. The topological polar surface area (TPSA) is 51.5 Å². The lowest BCUT2D eigenvalue weighted by molar-refractivity contribution is -0.130. The maximum atomic E-state index is 12.0. The summed E-state index contributed by atoms with van der Waals surface area (Å²) in [6.07, 6.45) is 1.46. The van der Waals surface area contributed by atoms with Gasteiger partial charge in [0, 0.05) is 12.0 Å². The molecule has 2 unspecified atom stereocenters. The Hall–Kier alpha value is -1.81. The molecule has 0 saturated carbocycles. The Kier molecular flexibility index (Phi) is 3.25. The minimum Gasteiger partial charge on any atom is -0.459 e. The SMILES string of the molecule is CC(NC(=O)C1CCCO1)c1cc2ccccc2o1. The third-order valence-corrected chi connectivity index (χ3v) is 3.45. The van der Waals surface area contributed by atoms with Gasteiger partial charge in [-0.3, -0.25) is 4.79 Å². The first-order chi connectivity index (χ1) is 9.24. The molecule has 2 atom stereocenters. The predicted molar refractivity (Wildman–Crippen MR) is 71.7 cm³/mol. The summed E-state index contributed by atoms with van der Waals surface area (Å²) < 4.78 is 11.1. The summed E-state index contributed by atoms with van der Waals surface area (Å²) in [6, 6.07) is 9.65. The molecule has 2 heterocycles. The normalized spacial score (nSPS) is 20.6. The Morgan fingerprint density at radius 1 is 1.42 bits per heavy atom. The summed E-state index contributed by atoms with van der Waals surface area (Å²) >= 11 is 0. The van der Waals surface area contributed by atoms with Crippen LogP contribution in [-0.2, 0) is 9.53 Å². The second-order valence-electron chi connectivity index (χ2n) is 4.92. The van der Waals surface area contributed by atoms with Gasteiger partial charge in [-0.05, 0) is 31.9 Å². The number of benzene rings is 1. The number of fused-ring (bicyclic) bond motifs is 1. The van der Waals surface area contributed by atoms with Crippen LogP contribution >= 0.6 is 0 Å². The zero-order chi connectivity index (χ0) is 13.2. The van der Waals surface area contributed by atoms with E-state index < -0.39 is 0 Å². The highest BCUT2D eigenvalue weighted by atomic mass is 16.5. The Morgan fingerprint density at radius 2 is 2.26 bits per heavy atom. The lowest BCUT2D eigenvalue weighted by Gasteiger charge is -2.14. The largest absolute Gasteiger partial charge is 0.459 e. The highest BCUT2D eigenvalue weighted by molar-refractivity contribution is 5.82. The summed E-state index contributed by atoms with van der Waals surface area (Å²) in [6.45, 7) is 2.60. The molecule has 0 radical (unpaired) electrons. The van der Waals surface area contributed by atoms with Crippen LogP contribution in [0.4, 0.5) is 0 Å². The van der Waals surface area contributed by atoms with Crippen LogP contribution in [0.5, 0.6) is 0 Å². The van der Waals surface area contributed by atoms with Gasteiger partial charge < -0.3 is 14.5 Å². The van der Waals surface area contributed by atoms with Gasteiger partial charge in [0.1, 0.15) is 17.4 Å². The number of para-hydroxylation sites is 1. The summed E-state index contributed by atoms with van der Waals surface area (Å²) in [4.78, 5) is 12.0. The summed E-state index contributed by atoms with van der Waals surface area (Å²) in [5.74, 6) is 0.720. The van der Waals surface area contributed by atoms with E-state index in [1.165, 1.54) is 0 Å². The van der Waals surface area contributed by atoms with Gasteiger partial charge in [0.2, 0.25) is 5.91 Å². The van der Waals surface area contributed by atoms with Crippen molar-refractivity contribution in [1.29, 1.82) is 0 Å². The van der Waals surface area contributed by atoms with Gasteiger partial charge in [0.05, 0.1) is 6.04 Å². The molecule has 0 aliphatic carbocycles. The maximum absolute atomic E-state index is 12.0. The second-order valence-corrected chi connectivity index (χ2v) is 4.92. The van der Waals surface area contributed by atoms with E-state index in [0.29, 0.717) is 6.61 Å². The van der Waals surface area contributed by atoms with Crippen molar-refractivity contribution < 1.29 is 13.9 Å². The number of ether oxygens (including phenoxy) is 1. The average molecular weight is 259 g/mol. The fourth-order valence-electron chi connectivity index (χ4n) is 2.38. The van der Waals surface area contributed by atoms with E-state index in [-0.39, 0.29) is 18.1 Å². The molecule has 1 fully saturated rings. The number of carbonyl (C=O) groups excluding carboxylic acids is 1. The third-order valence-electron chi connectivity index (χ3n) is 3.45. The van der Waals surface area contributed by atoms with E-state index in [0.717, 1.165) is 29.6 Å². The molecule has 1 amide bonds. The fourth-order valence-corrected chi connectivity index (χ4v) is 2.38. The quantitative estimate of drug-likeness (QED) is 0.922. The molecular formula is C15H17NO3. The standard InChI is InChI=1S/C15H17NO3/c1-10(16-15(17)13-7-4-8-18-13)14-9-11-5-2-3-6-12(11)19-14/h2-3,5-6,9-10,13H,4,7-8H2,1H3,(H,16,17). The van der Waals surface area contributed by atoms with Crippen molar-refractivity contribution >= 4 is 16.9 Å². The summed E-state index contributed by atoms with van der Waals surface area (Å²) in [5, 5.41) is 3.99. The first kappa shape index (κ1) is 12.2. The monoisotopic (exact) mass is 259 g/mol. The van der Waals surface area contributed by atoms with Crippen molar-refractivity contribution in [3.63, 3.8) is 0 Å².